The summed E-state index contributed by atoms with van der Waals surface area (Å²) in [6.45, 7) is 11.7. The number of para-hydroxylation sites is 4. The van der Waals surface area contributed by atoms with Gasteiger partial charge in [-0.15, -0.1) is 0 Å². The molecule has 2 heteroatoms. The topological polar surface area (TPSA) is 6.48 Å². The molecule has 2 aliphatic heterocycles. The molecular weight excluding hydrogens is 833 g/mol. The van der Waals surface area contributed by atoms with Crippen molar-refractivity contribution in [3.8, 4) is 33.4 Å². The highest BCUT2D eigenvalue weighted by Crippen LogP contribution is 2.54. The lowest BCUT2D eigenvalue weighted by molar-refractivity contribution is 0.590. The molecule has 0 spiro atoms. The molecule has 10 aromatic rings. The van der Waals surface area contributed by atoms with E-state index >= 15 is 0 Å². The Morgan fingerprint density at radius 3 is 1.25 bits per heavy atom. The van der Waals surface area contributed by atoms with Crippen molar-refractivity contribution in [1.29, 1.82) is 0 Å². The molecule has 0 bridgehead atoms. The van der Waals surface area contributed by atoms with Gasteiger partial charge >= 0.3 is 0 Å². The number of nitrogens with zero attached hydrogens (tertiary/aromatic N) is 2. The minimum Gasteiger partial charge on any atom is -0.310 e. The minimum atomic E-state index is -0.145. The quantitative estimate of drug-likeness (QED) is 0.162. The minimum absolute atomic E-state index is 0.0306. The summed E-state index contributed by atoms with van der Waals surface area (Å²) in [5.74, 6) is 0. The molecule has 69 heavy (non-hydrogen) atoms. The molecule has 0 amide bonds. The summed E-state index contributed by atoms with van der Waals surface area (Å²) in [5, 5.41) is 5.00. The van der Waals surface area contributed by atoms with Gasteiger partial charge in [-0.25, -0.2) is 0 Å². The molecule has 1 aliphatic carbocycles. The van der Waals surface area contributed by atoms with E-state index in [1.807, 2.05) is 0 Å². The van der Waals surface area contributed by atoms with Crippen LogP contribution in [0, 0.1) is 0 Å². The summed E-state index contributed by atoms with van der Waals surface area (Å²) in [5.41, 5.74) is 24.5. The van der Waals surface area contributed by atoms with Crippen molar-refractivity contribution in [2.75, 3.05) is 9.80 Å². The second-order valence-electron chi connectivity index (χ2n) is 21.2. The van der Waals surface area contributed by atoms with Crippen molar-refractivity contribution in [1.82, 2.24) is 0 Å². The molecule has 0 aromatic heterocycles. The van der Waals surface area contributed by atoms with Crippen molar-refractivity contribution < 1.29 is 0 Å². The van der Waals surface area contributed by atoms with Gasteiger partial charge in [-0.05, 0) is 180 Å². The predicted octanol–water partition coefficient (Wildman–Crippen LogP) is 18.1. The molecule has 2 heterocycles. The van der Waals surface area contributed by atoms with Gasteiger partial charge in [-0.3, -0.25) is 0 Å². The summed E-state index contributed by atoms with van der Waals surface area (Å²) in [6.07, 6.45) is 4.02. The van der Waals surface area contributed by atoms with Gasteiger partial charge in [0.25, 0.3) is 0 Å². The van der Waals surface area contributed by atoms with Crippen LogP contribution in [0.5, 0.6) is 0 Å². The van der Waals surface area contributed by atoms with E-state index in [1.165, 1.54) is 128 Å². The molecule has 0 fully saturated rings. The highest BCUT2D eigenvalue weighted by molar-refractivity contribution is 6.23. The molecule has 2 nitrogen and oxygen atoms in total. The monoisotopic (exact) mass is 888 g/mol. The Morgan fingerprint density at radius 2 is 0.768 bits per heavy atom. The van der Waals surface area contributed by atoms with Gasteiger partial charge in [-0.2, -0.15) is 0 Å². The molecule has 0 radical (unpaired) electrons. The number of hydrogen-bond acceptors (Lipinski definition) is 2. The van der Waals surface area contributed by atoms with Crippen molar-refractivity contribution in [3.05, 3.63) is 239 Å². The van der Waals surface area contributed by atoms with E-state index in [2.05, 4.69) is 245 Å². The van der Waals surface area contributed by atoms with E-state index < -0.39 is 0 Å². The van der Waals surface area contributed by atoms with E-state index in [0.717, 1.165) is 25.7 Å². The Balaban J connectivity index is 1.14. The summed E-state index contributed by atoms with van der Waals surface area (Å²) in [4.78, 5) is 5.06. The SMILES string of the molecule is CC(C)(C)c1ccc(-c2c3ccc(N4c5ccccc5CCc5ccccc54)cc3c(-c3ccc4c(c3)C(C)(C)c3ccccc3-4)c3ccc(N4c5ccccc5CCc5ccccc54)cc23)cc1. The highest BCUT2D eigenvalue weighted by atomic mass is 15.2. The number of rotatable bonds is 4. The highest BCUT2D eigenvalue weighted by Gasteiger charge is 2.36. The number of fused-ring (bicyclic) bond motifs is 9. The first-order valence-electron chi connectivity index (χ1n) is 24.9. The van der Waals surface area contributed by atoms with Crippen molar-refractivity contribution in [3.63, 3.8) is 0 Å². The molecule has 0 saturated carbocycles. The maximum absolute atomic E-state index is 2.53. The lowest BCUT2D eigenvalue weighted by Gasteiger charge is -2.29. The van der Waals surface area contributed by atoms with Gasteiger partial charge in [0.15, 0.2) is 0 Å². The number of anilines is 6. The maximum atomic E-state index is 2.53. The molecule has 13 rings (SSSR count). The molecule has 0 atom stereocenters. The van der Waals surface area contributed by atoms with Crippen LogP contribution in [0.4, 0.5) is 34.1 Å². The van der Waals surface area contributed by atoms with Crippen molar-refractivity contribution in [2.24, 2.45) is 0 Å². The molecule has 0 N–H and O–H groups in total. The van der Waals surface area contributed by atoms with Gasteiger partial charge in [0.1, 0.15) is 0 Å². The first-order chi connectivity index (χ1) is 33.6. The van der Waals surface area contributed by atoms with Gasteiger partial charge in [-0.1, -0.05) is 180 Å². The van der Waals surface area contributed by atoms with Crippen LogP contribution in [0.15, 0.2) is 200 Å². The third kappa shape index (κ3) is 6.60. The fourth-order valence-electron chi connectivity index (χ4n) is 12.2. The van der Waals surface area contributed by atoms with Crippen LogP contribution in [0.1, 0.15) is 73.6 Å². The molecule has 0 saturated heterocycles. The van der Waals surface area contributed by atoms with Crippen LogP contribution in [-0.4, -0.2) is 0 Å². The third-order valence-electron chi connectivity index (χ3n) is 15.8. The summed E-state index contributed by atoms with van der Waals surface area (Å²) < 4.78 is 0. The molecule has 10 aromatic carbocycles. The zero-order chi connectivity index (χ0) is 46.6. The third-order valence-corrected chi connectivity index (χ3v) is 15.8. The smallest absolute Gasteiger partial charge is 0.0493 e. The summed E-state index contributed by atoms with van der Waals surface area (Å²) in [6, 6.07) is 76.5. The second kappa shape index (κ2) is 15.7. The van der Waals surface area contributed by atoms with Gasteiger partial charge < -0.3 is 9.80 Å². The Morgan fingerprint density at radius 1 is 0.362 bits per heavy atom. The summed E-state index contributed by atoms with van der Waals surface area (Å²) >= 11 is 0. The fourth-order valence-corrected chi connectivity index (χ4v) is 12.2. The largest absolute Gasteiger partial charge is 0.310 e. The maximum Gasteiger partial charge on any atom is 0.0493 e. The van der Waals surface area contributed by atoms with Crippen LogP contribution in [0.2, 0.25) is 0 Å². The Bertz CT molecular complexity index is 3600. The fraction of sp³-hybridized carbons (Fsp3) is 0.164. The van der Waals surface area contributed by atoms with E-state index in [4.69, 9.17) is 0 Å². The van der Waals surface area contributed by atoms with Crippen LogP contribution >= 0.6 is 0 Å². The molecule has 334 valence electrons. The van der Waals surface area contributed by atoms with E-state index in [1.54, 1.807) is 0 Å². The van der Waals surface area contributed by atoms with E-state index in [9.17, 15) is 0 Å². The average molecular weight is 889 g/mol. The van der Waals surface area contributed by atoms with E-state index in [-0.39, 0.29) is 10.8 Å². The molecular formula is C67H56N2. The second-order valence-corrected chi connectivity index (χ2v) is 21.2. The zero-order valence-electron chi connectivity index (χ0n) is 40.3. The number of aryl methyl sites for hydroxylation is 4. The normalized spacial score (nSPS) is 14.6. The van der Waals surface area contributed by atoms with Crippen LogP contribution < -0.4 is 9.80 Å². The lowest BCUT2D eigenvalue weighted by atomic mass is 9.80. The summed E-state index contributed by atoms with van der Waals surface area (Å²) in [7, 11) is 0. The standard InChI is InChI=1S/C67H56N2/c1-66(2,3)49-33-30-47(31-34-49)64-54-38-35-51(69-62-24-14-8-18-45(62)28-29-46-19-9-15-25-63(46)69)42-57(54)65(48-32-37-53-52-20-10-11-21-58(52)67(4,5)59(53)40-48)55-39-36-50(41-56(55)64)68-60-22-12-6-16-43(60)26-27-44-17-7-13-23-61(44)68/h6-25,30-42H,26-29H2,1-5H3. The van der Waals surface area contributed by atoms with Crippen molar-refractivity contribution >= 4 is 55.7 Å². The zero-order valence-corrected chi connectivity index (χ0v) is 40.3. The van der Waals surface area contributed by atoms with Crippen LogP contribution in [0.3, 0.4) is 0 Å². The number of benzene rings is 10. The Kier molecular flexibility index (Phi) is 9.44. The number of hydrogen-bond donors (Lipinski definition) is 0. The Hall–Kier alpha value is -7.68. The van der Waals surface area contributed by atoms with Gasteiger partial charge in [0.2, 0.25) is 0 Å². The Labute approximate surface area is 407 Å². The predicted molar refractivity (Wildman–Crippen MR) is 293 cm³/mol. The molecule has 0 unspecified atom stereocenters. The first-order valence-corrected chi connectivity index (χ1v) is 24.9. The van der Waals surface area contributed by atoms with Crippen LogP contribution in [-0.2, 0) is 36.5 Å². The van der Waals surface area contributed by atoms with Gasteiger partial charge in [0, 0.05) is 39.5 Å². The lowest BCUT2D eigenvalue weighted by Crippen LogP contribution is -2.15. The average Bonchev–Trinajstić information content (AvgIpc) is 3.49. The van der Waals surface area contributed by atoms with E-state index in [0.29, 0.717) is 0 Å². The molecule has 3 aliphatic rings. The van der Waals surface area contributed by atoms with Crippen molar-refractivity contribution in [2.45, 2.75) is 71.1 Å². The van der Waals surface area contributed by atoms with Gasteiger partial charge in [0.05, 0.1) is 0 Å². The first kappa shape index (κ1) is 41.5. The van der Waals surface area contributed by atoms with Crippen LogP contribution in [0.25, 0.3) is 54.9 Å².